The van der Waals surface area contributed by atoms with E-state index in [1.54, 1.807) is 25.7 Å². The molecule has 0 heterocycles. The van der Waals surface area contributed by atoms with Crippen molar-refractivity contribution >= 4 is 18.1 Å². The van der Waals surface area contributed by atoms with Crippen LogP contribution in [0.1, 0.15) is 72.8 Å². The van der Waals surface area contributed by atoms with Gasteiger partial charge in [0.15, 0.2) is 0 Å². The Morgan fingerprint density at radius 1 is 0.714 bits per heavy atom. The molecule has 0 saturated heterocycles. The van der Waals surface area contributed by atoms with Gasteiger partial charge in [-0.15, -0.1) is 0 Å². The van der Waals surface area contributed by atoms with Crippen LogP contribution >= 0.6 is 0 Å². The topological polar surface area (TPSA) is 91.4 Å². The molecule has 1 N–H and O–H groups in total. The molecule has 0 atom stereocenters. The van der Waals surface area contributed by atoms with Crippen LogP contribution in [0.4, 0.5) is 22.8 Å². The Hall–Kier alpha value is -3.02. The normalized spacial score (nSPS) is 12.2. The SMILES string of the molecule is CN(CCCN(CCCCN(CCCNC(=O)C(F)(F)F)C(=O)OC(C)(C)C)C(=O)OC(C)(C)C)Cc1ccccc1. The molecule has 3 amide bonds. The molecule has 9 nitrogen and oxygen atoms in total. The van der Waals surface area contributed by atoms with E-state index >= 15 is 0 Å². The average Bonchev–Trinajstić information content (AvgIpc) is 2.84. The average molecular weight is 603 g/mol. The minimum Gasteiger partial charge on any atom is -0.444 e. The maximum Gasteiger partial charge on any atom is 0.471 e. The molecule has 0 radical (unpaired) electrons. The molecule has 0 aliphatic heterocycles. The van der Waals surface area contributed by atoms with Gasteiger partial charge in [0.1, 0.15) is 11.2 Å². The fraction of sp³-hybridized carbons (Fsp3) is 0.700. The highest BCUT2D eigenvalue weighted by Gasteiger charge is 2.38. The molecular formula is C30H49F3N4O5. The lowest BCUT2D eigenvalue weighted by Crippen LogP contribution is -2.41. The number of nitrogens with one attached hydrogen (secondary N) is 1. The number of unbranched alkanes of at least 4 members (excludes halogenated alkanes) is 1. The molecule has 0 unspecified atom stereocenters. The molecule has 0 aliphatic rings. The van der Waals surface area contributed by atoms with E-state index in [0.717, 1.165) is 19.5 Å². The Balaban J connectivity index is 2.68. The Morgan fingerprint density at radius 3 is 1.62 bits per heavy atom. The molecule has 0 spiro atoms. The van der Waals surface area contributed by atoms with Gasteiger partial charge in [-0.3, -0.25) is 4.79 Å². The highest BCUT2D eigenvalue weighted by Crippen LogP contribution is 2.15. The molecule has 1 aromatic rings. The molecule has 1 aromatic carbocycles. The monoisotopic (exact) mass is 602 g/mol. The van der Waals surface area contributed by atoms with Gasteiger partial charge in [-0.2, -0.15) is 13.2 Å². The maximum absolute atomic E-state index is 12.9. The summed E-state index contributed by atoms with van der Waals surface area (Å²) in [5.74, 6) is -2.01. The summed E-state index contributed by atoms with van der Waals surface area (Å²) < 4.78 is 48.4. The smallest absolute Gasteiger partial charge is 0.444 e. The van der Waals surface area contributed by atoms with E-state index in [1.165, 1.54) is 10.5 Å². The first kappa shape index (κ1) is 37.0. The van der Waals surface area contributed by atoms with Gasteiger partial charge in [-0.25, -0.2) is 9.59 Å². The Labute approximate surface area is 248 Å². The van der Waals surface area contributed by atoms with E-state index in [9.17, 15) is 27.6 Å². The van der Waals surface area contributed by atoms with Crippen LogP contribution in [0.5, 0.6) is 0 Å². The number of carbonyl (C=O) groups excluding carboxylic acids is 3. The third-order valence-corrected chi connectivity index (χ3v) is 5.82. The van der Waals surface area contributed by atoms with Crippen molar-refractivity contribution in [3.8, 4) is 0 Å². The van der Waals surface area contributed by atoms with Gasteiger partial charge in [0.25, 0.3) is 0 Å². The van der Waals surface area contributed by atoms with Gasteiger partial charge in [-0.05, 0) is 86.4 Å². The zero-order chi connectivity index (χ0) is 32.0. The van der Waals surface area contributed by atoms with E-state index in [2.05, 4.69) is 17.0 Å². The second kappa shape index (κ2) is 17.2. The Bertz CT molecular complexity index is 962. The van der Waals surface area contributed by atoms with Gasteiger partial charge in [0.05, 0.1) is 0 Å². The third-order valence-electron chi connectivity index (χ3n) is 5.82. The molecule has 42 heavy (non-hydrogen) atoms. The summed E-state index contributed by atoms with van der Waals surface area (Å²) in [5.41, 5.74) is -0.184. The van der Waals surface area contributed by atoms with Crippen molar-refractivity contribution in [3.63, 3.8) is 0 Å². The van der Waals surface area contributed by atoms with Gasteiger partial charge in [0.2, 0.25) is 0 Å². The second-order valence-electron chi connectivity index (χ2n) is 12.3. The first-order valence-electron chi connectivity index (χ1n) is 14.4. The predicted molar refractivity (Wildman–Crippen MR) is 156 cm³/mol. The van der Waals surface area contributed by atoms with Crippen molar-refractivity contribution in [2.45, 2.75) is 91.1 Å². The molecule has 0 aromatic heterocycles. The lowest BCUT2D eigenvalue weighted by molar-refractivity contribution is -0.173. The summed E-state index contributed by atoms with van der Waals surface area (Å²) in [4.78, 5) is 42.0. The molecule has 0 saturated carbocycles. The Morgan fingerprint density at radius 2 is 1.17 bits per heavy atom. The fourth-order valence-corrected chi connectivity index (χ4v) is 3.92. The van der Waals surface area contributed by atoms with Crippen LogP contribution in [0.3, 0.4) is 0 Å². The maximum atomic E-state index is 12.9. The van der Waals surface area contributed by atoms with Crippen LogP contribution in [0.25, 0.3) is 0 Å². The van der Waals surface area contributed by atoms with E-state index < -0.39 is 35.5 Å². The van der Waals surface area contributed by atoms with Gasteiger partial charge < -0.3 is 29.5 Å². The van der Waals surface area contributed by atoms with Crippen LogP contribution in [-0.2, 0) is 20.8 Å². The second-order valence-corrected chi connectivity index (χ2v) is 12.3. The minimum absolute atomic E-state index is 0.108. The molecule has 240 valence electrons. The number of hydrogen-bond acceptors (Lipinski definition) is 6. The van der Waals surface area contributed by atoms with Crippen molar-refractivity contribution in [1.29, 1.82) is 0 Å². The van der Waals surface area contributed by atoms with Crippen LogP contribution in [-0.4, -0.2) is 96.5 Å². The number of alkyl halides is 3. The quantitative estimate of drug-likeness (QED) is 0.254. The summed E-state index contributed by atoms with van der Waals surface area (Å²) in [7, 11) is 2.03. The molecule has 12 heteroatoms. The number of benzene rings is 1. The van der Waals surface area contributed by atoms with E-state index in [1.807, 2.05) is 51.3 Å². The molecule has 0 fully saturated rings. The van der Waals surface area contributed by atoms with Crippen molar-refractivity contribution in [2.75, 3.05) is 46.3 Å². The van der Waals surface area contributed by atoms with E-state index in [4.69, 9.17) is 9.47 Å². The number of carbonyl (C=O) groups is 3. The van der Waals surface area contributed by atoms with Gasteiger partial charge >= 0.3 is 24.3 Å². The number of hydrogen-bond donors (Lipinski definition) is 1. The summed E-state index contributed by atoms with van der Waals surface area (Å²) in [5, 5.41) is 1.81. The molecular weight excluding hydrogens is 553 g/mol. The molecule has 0 bridgehead atoms. The van der Waals surface area contributed by atoms with Gasteiger partial charge in [-0.1, -0.05) is 30.3 Å². The Kier molecular flexibility index (Phi) is 15.1. The fourth-order valence-electron chi connectivity index (χ4n) is 3.92. The first-order chi connectivity index (χ1) is 19.4. The summed E-state index contributed by atoms with van der Waals surface area (Å²) in [6.45, 7) is 13.3. The zero-order valence-electron chi connectivity index (χ0n) is 26.2. The summed E-state index contributed by atoms with van der Waals surface area (Å²) in [6, 6.07) is 10.1. The number of amides is 3. The van der Waals surface area contributed by atoms with Gasteiger partial charge in [0, 0.05) is 39.3 Å². The predicted octanol–water partition coefficient (Wildman–Crippen LogP) is 5.83. The standard InChI is InChI=1S/C30H49F3N4O5/c1-28(2,3)41-26(39)36(21-13-17-34-25(38)30(31,32)33)19-11-12-20-37(27(40)42-29(4,5)6)22-14-18-35(7)23-24-15-9-8-10-16-24/h8-10,15-16H,11-14,17-23H2,1-7H3,(H,34,38). The summed E-state index contributed by atoms with van der Waals surface area (Å²) in [6.07, 6.45) is -3.97. The number of ether oxygens (including phenoxy) is 2. The lowest BCUT2D eigenvalue weighted by atomic mass is 10.2. The van der Waals surface area contributed by atoms with Crippen molar-refractivity contribution < 1.29 is 37.0 Å². The minimum atomic E-state index is -4.96. The van der Waals surface area contributed by atoms with Crippen molar-refractivity contribution in [2.24, 2.45) is 0 Å². The number of nitrogens with zero attached hydrogens (tertiary/aromatic N) is 3. The third kappa shape index (κ3) is 17.1. The van der Waals surface area contributed by atoms with Crippen LogP contribution in [0.15, 0.2) is 30.3 Å². The van der Waals surface area contributed by atoms with Crippen molar-refractivity contribution in [1.82, 2.24) is 20.0 Å². The van der Waals surface area contributed by atoms with Crippen LogP contribution < -0.4 is 5.32 Å². The largest absolute Gasteiger partial charge is 0.471 e. The van der Waals surface area contributed by atoms with E-state index in [0.29, 0.717) is 25.9 Å². The lowest BCUT2D eigenvalue weighted by Gasteiger charge is -2.29. The van der Waals surface area contributed by atoms with Crippen LogP contribution in [0.2, 0.25) is 0 Å². The zero-order valence-corrected chi connectivity index (χ0v) is 26.2. The van der Waals surface area contributed by atoms with Crippen molar-refractivity contribution in [3.05, 3.63) is 35.9 Å². The highest BCUT2D eigenvalue weighted by atomic mass is 19.4. The van der Waals surface area contributed by atoms with Crippen LogP contribution in [0, 0.1) is 0 Å². The summed E-state index contributed by atoms with van der Waals surface area (Å²) >= 11 is 0. The first-order valence-corrected chi connectivity index (χ1v) is 14.4. The molecule has 0 aliphatic carbocycles. The van der Waals surface area contributed by atoms with E-state index in [-0.39, 0.29) is 26.1 Å². The highest BCUT2D eigenvalue weighted by molar-refractivity contribution is 5.81. The molecule has 1 rings (SSSR count). The number of halogens is 3. The number of rotatable bonds is 15.